The summed E-state index contributed by atoms with van der Waals surface area (Å²) in [5.74, 6) is 1.94. The lowest BCUT2D eigenvalue weighted by atomic mass is 10.0. The highest BCUT2D eigenvalue weighted by atomic mass is 15.1. The molecule has 0 aliphatic heterocycles. The van der Waals surface area contributed by atoms with Crippen LogP contribution in [-0.4, -0.2) is 16.0 Å². The zero-order chi connectivity index (χ0) is 12.8. The number of rotatable bonds is 6. The first-order valence-corrected chi connectivity index (χ1v) is 6.35. The molecule has 1 rings (SSSR count). The van der Waals surface area contributed by atoms with Gasteiger partial charge in [-0.1, -0.05) is 26.7 Å². The van der Waals surface area contributed by atoms with E-state index < -0.39 is 0 Å². The zero-order valence-corrected chi connectivity index (χ0v) is 11.3. The maximum absolute atomic E-state index is 5.61. The highest BCUT2D eigenvalue weighted by Gasteiger charge is 2.05. The van der Waals surface area contributed by atoms with Gasteiger partial charge in [0.15, 0.2) is 0 Å². The number of nitrogens with one attached hydrogen (secondary N) is 1. The summed E-state index contributed by atoms with van der Waals surface area (Å²) in [6.07, 6.45) is 3.67. The first kappa shape index (κ1) is 13.7. The molecule has 4 nitrogen and oxygen atoms in total. The Balaban J connectivity index is 2.42. The van der Waals surface area contributed by atoms with Gasteiger partial charge in [-0.05, 0) is 26.2 Å². The average molecular weight is 236 g/mol. The van der Waals surface area contributed by atoms with Crippen LogP contribution in [-0.2, 0) is 0 Å². The van der Waals surface area contributed by atoms with E-state index in [1.807, 2.05) is 13.0 Å². The third-order valence-corrected chi connectivity index (χ3v) is 2.68. The Morgan fingerprint density at radius 2 is 1.94 bits per heavy atom. The number of hydrogen-bond acceptors (Lipinski definition) is 4. The van der Waals surface area contributed by atoms with Crippen molar-refractivity contribution < 1.29 is 0 Å². The van der Waals surface area contributed by atoms with Crippen molar-refractivity contribution in [3.8, 4) is 0 Å². The van der Waals surface area contributed by atoms with E-state index in [9.17, 15) is 0 Å². The van der Waals surface area contributed by atoms with Crippen molar-refractivity contribution in [2.24, 2.45) is 5.92 Å². The molecule has 0 radical (unpaired) electrons. The molecule has 0 aliphatic carbocycles. The number of aromatic nitrogens is 2. The molecular formula is C13H24N4. The van der Waals surface area contributed by atoms with Crippen LogP contribution in [0.15, 0.2) is 6.07 Å². The van der Waals surface area contributed by atoms with Crippen LogP contribution >= 0.6 is 0 Å². The highest BCUT2D eigenvalue weighted by Crippen LogP contribution is 2.13. The molecule has 3 N–H and O–H groups in total. The number of hydrogen-bond donors (Lipinski definition) is 2. The number of nitrogens with zero attached hydrogens (tertiary/aromatic N) is 2. The predicted molar refractivity (Wildman–Crippen MR) is 73.0 cm³/mol. The Bertz CT molecular complexity index is 329. The molecule has 0 saturated heterocycles. The first-order valence-electron chi connectivity index (χ1n) is 6.35. The summed E-state index contributed by atoms with van der Waals surface area (Å²) < 4.78 is 0. The molecule has 0 aliphatic rings. The van der Waals surface area contributed by atoms with Gasteiger partial charge in [0.05, 0.1) is 0 Å². The SMILES string of the molecule is Cc1cc(NC(C)CCCC(C)C)nc(N)n1. The molecule has 0 bridgehead atoms. The highest BCUT2D eigenvalue weighted by molar-refractivity contribution is 5.40. The Labute approximate surface area is 104 Å². The monoisotopic (exact) mass is 236 g/mol. The molecule has 0 aromatic carbocycles. The lowest BCUT2D eigenvalue weighted by Gasteiger charge is -2.15. The van der Waals surface area contributed by atoms with Crippen molar-refractivity contribution in [2.45, 2.75) is 53.0 Å². The van der Waals surface area contributed by atoms with E-state index in [0.29, 0.717) is 12.0 Å². The van der Waals surface area contributed by atoms with E-state index in [2.05, 4.69) is 36.1 Å². The van der Waals surface area contributed by atoms with Crippen LogP contribution in [0, 0.1) is 12.8 Å². The second kappa shape index (κ2) is 6.42. The molecule has 1 aromatic heterocycles. The maximum Gasteiger partial charge on any atom is 0.222 e. The standard InChI is InChI=1S/C13H24N4/c1-9(2)6-5-7-10(3)15-12-8-11(4)16-13(14)17-12/h8-10H,5-7H2,1-4H3,(H3,14,15,16,17). The number of aryl methyl sites for hydroxylation is 1. The van der Waals surface area contributed by atoms with E-state index in [1.54, 1.807) is 0 Å². The minimum absolute atomic E-state index is 0.335. The van der Waals surface area contributed by atoms with Crippen molar-refractivity contribution in [1.82, 2.24) is 9.97 Å². The van der Waals surface area contributed by atoms with Gasteiger partial charge in [0.2, 0.25) is 5.95 Å². The molecule has 0 spiro atoms. The van der Waals surface area contributed by atoms with E-state index >= 15 is 0 Å². The van der Waals surface area contributed by atoms with Crippen LogP contribution < -0.4 is 11.1 Å². The third kappa shape index (κ3) is 5.52. The summed E-state index contributed by atoms with van der Waals surface area (Å²) in [5.41, 5.74) is 6.51. The molecule has 17 heavy (non-hydrogen) atoms. The van der Waals surface area contributed by atoms with E-state index in [1.165, 1.54) is 12.8 Å². The van der Waals surface area contributed by atoms with Gasteiger partial charge in [-0.3, -0.25) is 0 Å². The zero-order valence-electron chi connectivity index (χ0n) is 11.3. The minimum Gasteiger partial charge on any atom is -0.368 e. The Morgan fingerprint density at radius 3 is 2.53 bits per heavy atom. The summed E-state index contributed by atoms with van der Waals surface area (Å²) in [7, 11) is 0. The van der Waals surface area contributed by atoms with Gasteiger partial charge in [0.1, 0.15) is 5.82 Å². The quantitative estimate of drug-likeness (QED) is 0.797. The van der Waals surface area contributed by atoms with Crippen molar-refractivity contribution in [1.29, 1.82) is 0 Å². The molecule has 96 valence electrons. The molecule has 0 saturated carbocycles. The number of anilines is 2. The summed E-state index contributed by atoms with van der Waals surface area (Å²) in [4.78, 5) is 8.23. The van der Waals surface area contributed by atoms with Gasteiger partial charge in [-0.25, -0.2) is 4.98 Å². The fraction of sp³-hybridized carbons (Fsp3) is 0.692. The van der Waals surface area contributed by atoms with Crippen LogP contribution in [0.25, 0.3) is 0 Å². The molecule has 4 heteroatoms. The van der Waals surface area contributed by atoms with Gasteiger partial charge >= 0.3 is 0 Å². The first-order chi connectivity index (χ1) is 7.97. The van der Waals surface area contributed by atoms with Gasteiger partial charge in [-0.15, -0.1) is 0 Å². The van der Waals surface area contributed by atoms with Crippen LogP contribution in [0.2, 0.25) is 0 Å². The fourth-order valence-corrected chi connectivity index (χ4v) is 1.82. The maximum atomic E-state index is 5.61. The molecule has 1 aromatic rings. The lowest BCUT2D eigenvalue weighted by Crippen LogP contribution is -2.17. The van der Waals surface area contributed by atoms with E-state index in [4.69, 9.17) is 5.73 Å². The summed E-state index contributed by atoms with van der Waals surface area (Å²) in [6.45, 7) is 8.61. The summed E-state index contributed by atoms with van der Waals surface area (Å²) in [5, 5.41) is 3.37. The average Bonchev–Trinajstić information content (AvgIpc) is 2.14. The Kier molecular flexibility index (Phi) is 5.19. The van der Waals surface area contributed by atoms with Gasteiger partial charge < -0.3 is 11.1 Å². The second-order valence-electron chi connectivity index (χ2n) is 5.12. The molecule has 1 atom stereocenters. The number of nitrogen functional groups attached to an aromatic ring is 1. The number of nitrogens with two attached hydrogens (primary N) is 1. The molecule has 0 amide bonds. The van der Waals surface area contributed by atoms with Crippen molar-refractivity contribution in [2.75, 3.05) is 11.1 Å². The van der Waals surface area contributed by atoms with Gasteiger partial charge in [0.25, 0.3) is 0 Å². The normalized spacial score (nSPS) is 12.8. The molecule has 1 heterocycles. The van der Waals surface area contributed by atoms with Crippen molar-refractivity contribution in [3.63, 3.8) is 0 Å². The van der Waals surface area contributed by atoms with Crippen LogP contribution in [0.4, 0.5) is 11.8 Å². The fourth-order valence-electron chi connectivity index (χ4n) is 1.82. The minimum atomic E-state index is 0.335. The largest absolute Gasteiger partial charge is 0.368 e. The van der Waals surface area contributed by atoms with Crippen LogP contribution in [0.5, 0.6) is 0 Å². The van der Waals surface area contributed by atoms with Gasteiger partial charge in [0, 0.05) is 17.8 Å². The van der Waals surface area contributed by atoms with E-state index in [0.717, 1.165) is 23.9 Å². The van der Waals surface area contributed by atoms with E-state index in [-0.39, 0.29) is 0 Å². The third-order valence-electron chi connectivity index (χ3n) is 2.68. The molecular weight excluding hydrogens is 212 g/mol. The Hall–Kier alpha value is -1.32. The van der Waals surface area contributed by atoms with Crippen LogP contribution in [0.1, 0.15) is 45.7 Å². The second-order valence-corrected chi connectivity index (χ2v) is 5.12. The van der Waals surface area contributed by atoms with Crippen molar-refractivity contribution >= 4 is 11.8 Å². The smallest absolute Gasteiger partial charge is 0.222 e. The van der Waals surface area contributed by atoms with Gasteiger partial charge in [-0.2, -0.15) is 4.98 Å². The Morgan fingerprint density at radius 1 is 1.24 bits per heavy atom. The van der Waals surface area contributed by atoms with Crippen LogP contribution in [0.3, 0.4) is 0 Å². The van der Waals surface area contributed by atoms with Crippen molar-refractivity contribution in [3.05, 3.63) is 11.8 Å². The molecule has 0 fully saturated rings. The predicted octanol–water partition coefficient (Wildman–Crippen LogP) is 2.99. The summed E-state index contributed by atoms with van der Waals surface area (Å²) >= 11 is 0. The lowest BCUT2D eigenvalue weighted by molar-refractivity contribution is 0.520. The topological polar surface area (TPSA) is 63.8 Å². The summed E-state index contributed by atoms with van der Waals surface area (Å²) in [6, 6.07) is 2.34. The molecule has 1 unspecified atom stereocenters.